The van der Waals surface area contributed by atoms with Crippen LogP contribution in [0.3, 0.4) is 0 Å². The lowest BCUT2D eigenvalue weighted by Crippen LogP contribution is -2.21. The van der Waals surface area contributed by atoms with Crippen LogP contribution in [-0.4, -0.2) is 21.3 Å². The van der Waals surface area contributed by atoms with Gasteiger partial charge in [-0.15, -0.1) is 0 Å². The van der Waals surface area contributed by atoms with Crippen LogP contribution in [0.4, 0.5) is 0 Å². The van der Waals surface area contributed by atoms with Crippen LogP contribution in [0.25, 0.3) is 10.9 Å². The molecule has 2 rings (SSSR count). The maximum Gasteiger partial charge on any atom is 0.326 e. The highest BCUT2D eigenvalue weighted by atomic mass is 79.9. The van der Waals surface area contributed by atoms with Crippen molar-refractivity contribution in [2.75, 3.05) is 0 Å². The predicted molar refractivity (Wildman–Crippen MR) is 58.4 cm³/mol. The number of hydrogen-bond donors (Lipinski definition) is 3. The lowest BCUT2D eigenvalue weighted by atomic mass is 10.1. The van der Waals surface area contributed by atoms with Crippen LogP contribution in [0, 0.1) is 0 Å². The van der Waals surface area contributed by atoms with Crippen LogP contribution in [0.1, 0.15) is 11.7 Å². The van der Waals surface area contributed by atoms with Gasteiger partial charge in [-0.1, -0.05) is 15.9 Å². The third-order valence-electron chi connectivity index (χ3n) is 2.12. The van der Waals surface area contributed by atoms with E-state index in [1.165, 1.54) is 0 Å². The standard InChI is InChI=1S/C9H8BrN3O2/c10-4-1-2-6-5(3-4)8(13-12-6)7(11)9(14)15/h1-3,7H,11H2,(H,12,13)(H,14,15). The summed E-state index contributed by atoms with van der Waals surface area (Å²) in [7, 11) is 0. The molecule has 15 heavy (non-hydrogen) atoms. The first kappa shape index (κ1) is 10.1. The van der Waals surface area contributed by atoms with Crippen molar-refractivity contribution in [2.45, 2.75) is 6.04 Å². The third kappa shape index (κ3) is 1.73. The Balaban J connectivity index is 2.61. The van der Waals surface area contributed by atoms with Gasteiger partial charge >= 0.3 is 5.97 Å². The molecule has 0 aliphatic carbocycles. The maximum atomic E-state index is 10.7. The molecule has 1 unspecified atom stereocenters. The molecule has 0 aliphatic rings. The van der Waals surface area contributed by atoms with Crippen LogP contribution < -0.4 is 5.73 Å². The van der Waals surface area contributed by atoms with Gasteiger partial charge in [0.25, 0.3) is 0 Å². The van der Waals surface area contributed by atoms with Crippen molar-refractivity contribution in [1.82, 2.24) is 10.2 Å². The lowest BCUT2D eigenvalue weighted by molar-refractivity contribution is -0.138. The number of carboxylic acid groups (broad SMARTS) is 1. The summed E-state index contributed by atoms with van der Waals surface area (Å²) in [5, 5.41) is 16.1. The van der Waals surface area contributed by atoms with Crippen molar-refractivity contribution >= 4 is 32.8 Å². The number of fused-ring (bicyclic) bond motifs is 1. The zero-order valence-electron chi connectivity index (χ0n) is 7.57. The van der Waals surface area contributed by atoms with Gasteiger partial charge in [-0.2, -0.15) is 5.10 Å². The van der Waals surface area contributed by atoms with Gasteiger partial charge < -0.3 is 10.8 Å². The molecule has 0 spiro atoms. The van der Waals surface area contributed by atoms with E-state index in [1.807, 2.05) is 6.07 Å². The number of benzene rings is 1. The summed E-state index contributed by atoms with van der Waals surface area (Å²) in [4.78, 5) is 10.7. The first-order valence-corrected chi connectivity index (χ1v) is 5.01. The number of hydrogen-bond acceptors (Lipinski definition) is 3. The van der Waals surface area contributed by atoms with E-state index in [1.54, 1.807) is 12.1 Å². The zero-order valence-corrected chi connectivity index (χ0v) is 9.15. The second-order valence-corrected chi connectivity index (χ2v) is 4.03. The quantitative estimate of drug-likeness (QED) is 0.769. The molecule has 0 aliphatic heterocycles. The Morgan fingerprint density at radius 3 is 3.00 bits per heavy atom. The summed E-state index contributed by atoms with van der Waals surface area (Å²) in [5.74, 6) is -1.08. The molecule has 5 nitrogen and oxygen atoms in total. The number of carboxylic acids is 1. The Morgan fingerprint density at radius 1 is 1.60 bits per heavy atom. The number of aliphatic carboxylic acids is 1. The Kier molecular flexibility index (Phi) is 2.45. The second kappa shape index (κ2) is 3.63. The van der Waals surface area contributed by atoms with Crippen molar-refractivity contribution in [3.8, 4) is 0 Å². The van der Waals surface area contributed by atoms with Gasteiger partial charge in [0.2, 0.25) is 0 Å². The number of rotatable bonds is 2. The van der Waals surface area contributed by atoms with Crippen LogP contribution in [0.2, 0.25) is 0 Å². The number of carbonyl (C=O) groups is 1. The topological polar surface area (TPSA) is 92.0 Å². The fraction of sp³-hybridized carbons (Fsp3) is 0.111. The number of nitrogens with one attached hydrogen (secondary N) is 1. The Morgan fingerprint density at radius 2 is 2.33 bits per heavy atom. The molecule has 78 valence electrons. The van der Waals surface area contributed by atoms with Crippen molar-refractivity contribution in [1.29, 1.82) is 0 Å². The number of nitrogens with two attached hydrogens (primary N) is 1. The zero-order chi connectivity index (χ0) is 11.0. The maximum absolute atomic E-state index is 10.7. The van der Waals surface area contributed by atoms with E-state index < -0.39 is 12.0 Å². The summed E-state index contributed by atoms with van der Waals surface area (Å²) < 4.78 is 0.857. The van der Waals surface area contributed by atoms with Crippen LogP contribution in [0.5, 0.6) is 0 Å². The largest absolute Gasteiger partial charge is 0.480 e. The average molecular weight is 270 g/mol. The molecule has 0 fully saturated rings. The predicted octanol–water partition coefficient (Wildman–Crippen LogP) is 1.41. The number of aromatic nitrogens is 2. The molecule has 0 radical (unpaired) electrons. The fourth-order valence-electron chi connectivity index (χ4n) is 1.36. The van der Waals surface area contributed by atoms with Gasteiger partial charge in [-0.05, 0) is 18.2 Å². The van der Waals surface area contributed by atoms with E-state index in [9.17, 15) is 4.79 Å². The average Bonchev–Trinajstić information content (AvgIpc) is 2.59. The molecule has 1 atom stereocenters. The summed E-state index contributed by atoms with van der Waals surface area (Å²) in [5.41, 5.74) is 6.63. The molecular weight excluding hydrogens is 262 g/mol. The normalized spacial score (nSPS) is 12.9. The van der Waals surface area contributed by atoms with Crippen molar-refractivity contribution < 1.29 is 9.90 Å². The smallest absolute Gasteiger partial charge is 0.326 e. The fourth-order valence-corrected chi connectivity index (χ4v) is 1.72. The Bertz CT molecular complexity index is 523. The molecule has 0 amide bonds. The van der Waals surface area contributed by atoms with Gasteiger partial charge in [-0.3, -0.25) is 9.89 Å². The molecule has 1 heterocycles. The SMILES string of the molecule is NC(C(=O)O)c1[nH]nc2ccc(Br)cc12. The Hall–Kier alpha value is -1.40. The molecule has 2 aromatic rings. The van der Waals surface area contributed by atoms with Crippen LogP contribution >= 0.6 is 15.9 Å². The molecular formula is C9H8BrN3O2. The summed E-state index contributed by atoms with van der Waals surface area (Å²) in [6.07, 6.45) is 0. The summed E-state index contributed by atoms with van der Waals surface area (Å²) in [6, 6.07) is 4.33. The number of aromatic amines is 1. The Labute approximate surface area is 93.4 Å². The van der Waals surface area contributed by atoms with E-state index >= 15 is 0 Å². The van der Waals surface area contributed by atoms with Gasteiger partial charge in [0.05, 0.1) is 11.2 Å². The van der Waals surface area contributed by atoms with Crippen LogP contribution in [-0.2, 0) is 4.79 Å². The minimum Gasteiger partial charge on any atom is -0.480 e. The molecule has 0 bridgehead atoms. The van der Waals surface area contributed by atoms with Crippen molar-refractivity contribution in [3.63, 3.8) is 0 Å². The third-order valence-corrected chi connectivity index (χ3v) is 2.62. The molecule has 1 aromatic carbocycles. The van der Waals surface area contributed by atoms with Crippen molar-refractivity contribution in [3.05, 3.63) is 28.4 Å². The first-order chi connectivity index (χ1) is 7.09. The highest BCUT2D eigenvalue weighted by Crippen LogP contribution is 2.24. The molecule has 0 saturated carbocycles. The molecule has 6 heteroatoms. The molecule has 0 saturated heterocycles. The van der Waals surface area contributed by atoms with Gasteiger partial charge in [-0.25, -0.2) is 0 Å². The van der Waals surface area contributed by atoms with E-state index in [0.29, 0.717) is 11.2 Å². The lowest BCUT2D eigenvalue weighted by Gasteiger charge is -2.03. The van der Waals surface area contributed by atoms with E-state index in [2.05, 4.69) is 26.1 Å². The number of nitrogens with zero attached hydrogens (tertiary/aromatic N) is 1. The minimum atomic E-state index is -1.08. The first-order valence-electron chi connectivity index (χ1n) is 4.21. The van der Waals surface area contributed by atoms with E-state index in [-0.39, 0.29) is 0 Å². The number of H-pyrrole nitrogens is 1. The number of halogens is 1. The second-order valence-electron chi connectivity index (χ2n) is 3.11. The van der Waals surface area contributed by atoms with Gasteiger partial charge in [0, 0.05) is 9.86 Å². The summed E-state index contributed by atoms with van der Waals surface area (Å²) in [6.45, 7) is 0. The van der Waals surface area contributed by atoms with E-state index in [0.717, 1.165) is 9.86 Å². The monoisotopic (exact) mass is 269 g/mol. The van der Waals surface area contributed by atoms with E-state index in [4.69, 9.17) is 10.8 Å². The minimum absolute atomic E-state index is 0.416. The molecule has 1 aromatic heterocycles. The highest BCUT2D eigenvalue weighted by molar-refractivity contribution is 9.10. The van der Waals surface area contributed by atoms with Crippen molar-refractivity contribution in [2.24, 2.45) is 5.73 Å². The van der Waals surface area contributed by atoms with Crippen LogP contribution in [0.15, 0.2) is 22.7 Å². The summed E-state index contributed by atoms with van der Waals surface area (Å²) >= 11 is 3.31. The van der Waals surface area contributed by atoms with Gasteiger partial charge in [0.1, 0.15) is 6.04 Å². The van der Waals surface area contributed by atoms with Gasteiger partial charge in [0.15, 0.2) is 0 Å². The molecule has 4 N–H and O–H groups in total. The highest BCUT2D eigenvalue weighted by Gasteiger charge is 2.19.